The van der Waals surface area contributed by atoms with Crippen LogP contribution in [0.4, 0.5) is 5.69 Å². The highest BCUT2D eigenvalue weighted by Crippen LogP contribution is 2.41. The second kappa shape index (κ2) is 4.69. The number of anilines is 1. The summed E-state index contributed by atoms with van der Waals surface area (Å²) in [7, 11) is 0. The molecule has 15 heavy (non-hydrogen) atoms. The zero-order chi connectivity index (χ0) is 11.5. The van der Waals surface area contributed by atoms with Crippen molar-refractivity contribution in [1.82, 2.24) is 0 Å². The van der Waals surface area contributed by atoms with Gasteiger partial charge in [0.1, 0.15) is 0 Å². The van der Waals surface area contributed by atoms with Gasteiger partial charge >= 0.3 is 0 Å². The topological polar surface area (TPSA) is 12.0 Å². The van der Waals surface area contributed by atoms with E-state index >= 15 is 0 Å². The molecular formula is C14H23N. The Balaban J connectivity index is 0.000000531. The molecule has 0 saturated heterocycles. The average Bonchev–Trinajstić information content (AvgIpc) is 2.62. The van der Waals surface area contributed by atoms with Gasteiger partial charge in [0, 0.05) is 17.6 Å². The predicted octanol–water partition coefficient (Wildman–Crippen LogP) is 4.05. The Bertz CT molecular complexity index is 317. The molecule has 0 radical (unpaired) electrons. The van der Waals surface area contributed by atoms with Gasteiger partial charge in [0.2, 0.25) is 0 Å². The summed E-state index contributed by atoms with van der Waals surface area (Å²) in [5.74, 6) is 0.684. The first-order valence-electron chi connectivity index (χ1n) is 5.98. The quantitative estimate of drug-likeness (QED) is 0.729. The van der Waals surface area contributed by atoms with Crippen LogP contribution < -0.4 is 5.32 Å². The largest absolute Gasteiger partial charge is 0.384 e. The van der Waals surface area contributed by atoms with E-state index in [4.69, 9.17) is 0 Å². The van der Waals surface area contributed by atoms with Gasteiger partial charge in [-0.3, -0.25) is 0 Å². The zero-order valence-corrected chi connectivity index (χ0v) is 10.6. The van der Waals surface area contributed by atoms with Crippen LogP contribution in [0.2, 0.25) is 0 Å². The molecule has 1 aliphatic rings. The van der Waals surface area contributed by atoms with Crippen LogP contribution in [0.15, 0.2) is 24.3 Å². The summed E-state index contributed by atoms with van der Waals surface area (Å²) in [5.41, 5.74) is 3.11. The molecule has 1 atom stereocenters. The Labute approximate surface area is 93.9 Å². The Hall–Kier alpha value is -0.980. The van der Waals surface area contributed by atoms with Gasteiger partial charge in [0.15, 0.2) is 0 Å². The summed E-state index contributed by atoms with van der Waals surface area (Å²) < 4.78 is 0. The van der Waals surface area contributed by atoms with Crippen molar-refractivity contribution in [2.24, 2.45) is 5.92 Å². The molecule has 1 N–H and O–H groups in total. The molecule has 1 aromatic carbocycles. The van der Waals surface area contributed by atoms with Gasteiger partial charge in [0.05, 0.1) is 0 Å². The lowest BCUT2D eigenvalue weighted by Crippen LogP contribution is -2.30. The van der Waals surface area contributed by atoms with Gasteiger partial charge in [-0.05, 0) is 17.5 Å². The van der Waals surface area contributed by atoms with E-state index in [2.05, 4.69) is 50.4 Å². The highest BCUT2D eigenvalue weighted by Gasteiger charge is 2.36. The minimum atomic E-state index is 0.316. The molecule has 1 nitrogen and oxygen atoms in total. The predicted molar refractivity (Wildman–Crippen MR) is 68.5 cm³/mol. The van der Waals surface area contributed by atoms with E-state index in [9.17, 15) is 0 Å². The molecule has 1 unspecified atom stereocenters. The van der Waals surface area contributed by atoms with Gasteiger partial charge in [-0.2, -0.15) is 0 Å². The lowest BCUT2D eigenvalue weighted by molar-refractivity contribution is 0.371. The summed E-state index contributed by atoms with van der Waals surface area (Å²) in [5, 5.41) is 3.47. The van der Waals surface area contributed by atoms with E-state index in [1.807, 2.05) is 13.8 Å². The fraction of sp³-hybridized carbons (Fsp3) is 0.571. The minimum Gasteiger partial charge on any atom is -0.384 e. The van der Waals surface area contributed by atoms with Crippen LogP contribution in [-0.4, -0.2) is 6.54 Å². The van der Waals surface area contributed by atoms with Gasteiger partial charge in [-0.15, -0.1) is 0 Å². The van der Waals surface area contributed by atoms with E-state index in [1.54, 1.807) is 0 Å². The average molecular weight is 205 g/mol. The van der Waals surface area contributed by atoms with Gasteiger partial charge in [-0.25, -0.2) is 0 Å². The summed E-state index contributed by atoms with van der Waals surface area (Å²) in [6.45, 7) is 12.0. The SMILES string of the molecule is CC.CC(C)C1(C)CNc2ccccc21. The van der Waals surface area contributed by atoms with Crippen molar-refractivity contribution in [3.8, 4) is 0 Å². The first-order chi connectivity index (χ1) is 7.14. The maximum absolute atomic E-state index is 3.47. The van der Waals surface area contributed by atoms with Crippen molar-refractivity contribution < 1.29 is 0 Å². The van der Waals surface area contributed by atoms with Gasteiger partial charge in [-0.1, -0.05) is 52.8 Å². The molecule has 0 amide bonds. The molecule has 1 aliphatic heterocycles. The van der Waals surface area contributed by atoms with Crippen LogP contribution in [0.3, 0.4) is 0 Å². The van der Waals surface area contributed by atoms with Crippen molar-refractivity contribution in [1.29, 1.82) is 0 Å². The fourth-order valence-electron chi connectivity index (χ4n) is 2.02. The molecule has 0 fully saturated rings. The Morgan fingerprint density at radius 2 is 1.80 bits per heavy atom. The summed E-state index contributed by atoms with van der Waals surface area (Å²) in [4.78, 5) is 0. The number of para-hydroxylation sites is 1. The van der Waals surface area contributed by atoms with Gasteiger partial charge in [0.25, 0.3) is 0 Å². The molecule has 84 valence electrons. The molecule has 0 aromatic heterocycles. The van der Waals surface area contributed by atoms with E-state index in [0.29, 0.717) is 11.3 Å². The third-order valence-corrected chi connectivity index (χ3v) is 3.46. The van der Waals surface area contributed by atoms with Crippen molar-refractivity contribution in [2.75, 3.05) is 11.9 Å². The maximum atomic E-state index is 3.47. The molecule has 0 aliphatic carbocycles. The third kappa shape index (κ3) is 2.01. The maximum Gasteiger partial charge on any atom is 0.0379 e. The lowest BCUT2D eigenvalue weighted by atomic mass is 9.75. The van der Waals surface area contributed by atoms with Crippen molar-refractivity contribution in [2.45, 2.75) is 40.0 Å². The van der Waals surface area contributed by atoms with Crippen LogP contribution >= 0.6 is 0 Å². The minimum absolute atomic E-state index is 0.316. The second-order valence-electron chi connectivity index (χ2n) is 4.47. The standard InChI is InChI=1S/C12H17N.C2H6/c1-9(2)12(3)8-13-11-7-5-4-6-10(11)12;1-2/h4-7,9,13H,8H2,1-3H3;1-2H3. The molecule has 0 bridgehead atoms. The first-order valence-corrected chi connectivity index (χ1v) is 5.98. The monoisotopic (exact) mass is 205 g/mol. The van der Waals surface area contributed by atoms with E-state index in [1.165, 1.54) is 11.3 Å². The normalized spacial score (nSPS) is 22.8. The van der Waals surface area contributed by atoms with E-state index in [-0.39, 0.29) is 0 Å². The van der Waals surface area contributed by atoms with Crippen molar-refractivity contribution >= 4 is 5.69 Å². The van der Waals surface area contributed by atoms with Crippen LogP contribution in [0.5, 0.6) is 0 Å². The van der Waals surface area contributed by atoms with E-state index < -0.39 is 0 Å². The Morgan fingerprint density at radius 1 is 1.20 bits per heavy atom. The molecule has 1 heteroatoms. The van der Waals surface area contributed by atoms with E-state index in [0.717, 1.165) is 6.54 Å². The molecule has 1 aromatic rings. The van der Waals surface area contributed by atoms with Crippen molar-refractivity contribution in [3.05, 3.63) is 29.8 Å². The molecule has 0 spiro atoms. The third-order valence-electron chi connectivity index (χ3n) is 3.46. The number of hydrogen-bond acceptors (Lipinski definition) is 1. The van der Waals surface area contributed by atoms with Crippen LogP contribution in [-0.2, 0) is 5.41 Å². The molecule has 1 heterocycles. The molecule has 2 rings (SSSR count). The number of rotatable bonds is 1. The number of hydrogen-bond donors (Lipinski definition) is 1. The van der Waals surface area contributed by atoms with Gasteiger partial charge < -0.3 is 5.32 Å². The summed E-state index contributed by atoms with van der Waals surface area (Å²) >= 11 is 0. The molecular weight excluding hydrogens is 182 g/mol. The summed E-state index contributed by atoms with van der Waals surface area (Å²) in [6, 6.07) is 8.64. The highest BCUT2D eigenvalue weighted by atomic mass is 14.9. The molecule has 0 saturated carbocycles. The first kappa shape index (κ1) is 12.1. The highest BCUT2D eigenvalue weighted by molar-refractivity contribution is 5.60. The summed E-state index contributed by atoms with van der Waals surface area (Å²) in [6.07, 6.45) is 0. The zero-order valence-electron chi connectivity index (χ0n) is 10.6. The Morgan fingerprint density at radius 3 is 2.40 bits per heavy atom. The van der Waals surface area contributed by atoms with Crippen LogP contribution in [0.25, 0.3) is 0 Å². The van der Waals surface area contributed by atoms with Crippen molar-refractivity contribution in [3.63, 3.8) is 0 Å². The fourth-order valence-corrected chi connectivity index (χ4v) is 2.02. The number of benzene rings is 1. The lowest BCUT2D eigenvalue weighted by Gasteiger charge is -2.28. The number of nitrogens with one attached hydrogen (secondary N) is 1. The Kier molecular flexibility index (Phi) is 3.78. The van der Waals surface area contributed by atoms with Crippen LogP contribution in [0.1, 0.15) is 40.2 Å². The smallest absolute Gasteiger partial charge is 0.0379 e. The number of fused-ring (bicyclic) bond motifs is 1. The second-order valence-corrected chi connectivity index (χ2v) is 4.47. The van der Waals surface area contributed by atoms with Crippen LogP contribution in [0, 0.1) is 5.92 Å².